The first-order valence-electron chi connectivity index (χ1n) is 5.89. The molecule has 104 valence electrons. The number of furan rings is 1. The molecule has 1 amide bonds. The Labute approximate surface area is 120 Å². The van der Waals surface area contributed by atoms with Gasteiger partial charge >= 0.3 is 0 Å². The fraction of sp³-hybridized carbons (Fsp3) is 0.143. The molecule has 0 saturated carbocycles. The van der Waals surface area contributed by atoms with Crippen LogP contribution >= 0.6 is 12.2 Å². The molecule has 0 aliphatic heterocycles. The first-order chi connectivity index (χ1) is 9.47. The van der Waals surface area contributed by atoms with Gasteiger partial charge in [0, 0.05) is 17.7 Å². The van der Waals surface area contributed by atoms with Crippen molar-refractivity contribution in [2.75, 3.05) is 0 Å². The van der Waals surface area contributed by atoms with Crippen LogP contribution in [-0.2, 0) is 6.54 Å². The maximum atomic E-state index is 13.8. The lowest BCUT2D eigenvalue weighted by Crippen LogP contribution is -2.23. The zero-order chi connectivity index (χ0) is 14.7. The second kappa shape index (κ2) is 5.83. The molecule has 6 heteroatoms. The topological polar surface area (TPSA) is 68.3 Å². The number of rotatable bonds is 4. The number of thiocarbonyl (C=S) groups is 1. The van der Waals surface area contributed by atoms with Crippen molar-refractivity contribution in [1.82, 2.24) is 5.32 Å². The second-order valence-electron chi connectivity index (χ2n) is 4.30. The number of aryl methyl sites for hydroxylation is 1. The van der Waals surface area contributed by atoms with Gasteiger partial charge in [-0.1, -0.05) is 24.4 Å². The highest BCUT2D eigenvalue weighted by Gasteiger charge is 2.10. The first-order valence-corrected chi connectivity index (χ1v) is 6.30. The highest BCUT2D eigenvalue weighted by Crippen LogP contribution is 2.11. The molecule has 0 radical (unpaired) electrons. The molecule has 0 aliphatic rings. The molecule has 3 N–H and O–H groups in total. The van der Waals surface area contributed by atoms with Crippen molar-refractivity contribution >= 4 is 23.1 Å². The van der Waals surface area contributed by atoms with E-state index in [-0.39, 0.29) is 17.4 Å². The third-order valence-corrected chi connectivity index (χ3v) is 3.01. The molecule has 0 bridgehead atoms. The molecule has 2 rings (SSSR count). The number of halogens is 1. The van der Waals surface area contributed by atoms with Crippen LogP contribution in [0.15, 0.2) is 34.9 Å². The number of carbonyl (C=O) groups excluding carboxylic acids is 1. The third-order valence-electron chi connectivity index (χ3n) is 2.77. The number of hydrogen-bond acceptors (Lipinski definition) is 3. The van der Waals surface area contributed by atoms with Crippen molar-refractivity contribution in [3.8, 4) is 0 Å². The summed E-state index contributed by atoms with van der Waals surface area (Å²) in [5.74, 6) is -0.138. The molecule has 0 spiro atoms. The zero-order valence-electron chi connectivity index (χ0n) is 10.8. The minimum Gasteiger partial charge on any atom is -0.469 e. The quantitative estimate of drug-likeness (QED) is 0.848. The van der Waals surface area contributed by atoms with Crippen LogP contribution in [0.3, 0.4) is 0 Å². The molecule has 0 atom stereocenters. The zero-order valence-corrected chi connectivity index (χ0v) is 11.6. The predicted octanol–water partition coefficient (Wildman–Crippen LogP) is 2.29. The Bertz CT molecular complexity index is 667. The number of nitrogens with two attached hydrogens (primary N) is 1. The van der Waals surface area contributed by atoms with Gasteiger partial charge in [-0.25, -0.2) is 4.39 Å². The third kappa shape index (κ3) is 3.21. The fourth-order valence-electron chi connectivity index (χ4n) is 1.68. The van der Waals surface area contributed by atoms with Crippen molar-refractivity contribution in [3.05, 3.63) is 58.8 Å². The highest BCUT2D eigenvalue weighted by atomic mass is 32.1. The summed E-state index contributed by atoms with van der Waals surface area (Å²) in [5.41, 5.74) is 6.64. The summed E-state index contributed by atoms with van der Waals surface area (Å²) in [4.78, 5) is 11.9. The number of nitrogens with one attached hydrogen (secondary N) is 1. The van der Waals surface area contributed by atoms with Crippen LogP contribution in [-0.4, -0.2) is 10.9 Å². The maximum Gasteiger partial charge on any atom is 0.254 e. The van der Waals surface area contributed by atoms with Gasteiger partial charge < -0.3 is 15.5 Å². The van der Waals surface area contributed by atoms with E-state index < -0.39 is 5.82 Å². The average Bonchev–Trinajstić information content (AvgIpc) is 2.83. The molecule has 0 unspecified atom stereocenters. The van der Waals surface area contributed by atoms with Gasteiger partial charge in [0.05, 0.1) is 5.56 Å². The molecule has 4 nitrogen and oxygen atoms in total. The van der Waals surface area contributed by atoms with E-state index in [1.165, 1.54) is 12.3 Å². The van der Waals surface area contributed by atoms with E-state index in [2.05, 4.69) is 5.32 Å². The van der Waals surface area contributed by atoms with Crippen molar-refractivity contribution in [1.29, 1.82) is 0 Å². The fourth-order valence-corrected chi connectivity index (χ4v) is 1.81. The summed E-state index contributed by atoms with van der Waals surface area (Å²) in [7, 11) is 0. The Morgan fingerprint density at radius 1 is 1.40 bits per heavy atom. The summed E-state index contributed by atoms with van der Waals surface area (Å²) < 4.78 is 18.8. The van der Waals surface area contributed by atoms with Gasteiger partial charge in [-0.15, -0.1) is 0 Å². The molecular weight excluding hydrogens is 279 g/mol. The Hall–Kier alpha value is -2.21. The number of carbonyl (C=O) groups is 1. The van der Waals surface area contributed by atoms with Crippen LogP contribution in [0.4, 0.5) is 4.39 Å². The molecule has 1 aromatic heterocycles. The van der Waals surface area contributed by atoms with Crippen molar-refractivity contribution < 1.29 is 13.6 Å². The Balaban J connectivity index is 2.04. The Morgan fingerprint density at radius 2 is 2.15 bits per heavy atom. The average molecular weight is 292 g/mol. The van der Waals surface area contributed by atoms with Crippen LogP contribution < -0.4 is 11.1 Å². The molecule has 0 fully saturated rings. The van der Waals surface area contributed by atoms with Gasteiger partial charge in [0.1, 0.15) is 22.8 Å². The summed E-state index contributed by atoms with van der Waals surface area (Å²) >= 11 is 4.77. The number of hydrogen-bond donors (Lipinski definition) is 2. The Kier molecular flexibility index (Phi) is 4.14. The summed E-state index contributed by atoms with van der Waals surface area (Å²) in [6.45, 7) is 1.82. The summed E-state index contributed by atoms with van der Waals surface area (Å²) in [5, 5.41) is 2.62. The van der Waals surface area contributed by atoms with E-state index >= 15 is 0 Å². The largest absolute Gasteiger partial charge is 0.469 e. The molecule has 20 heavy (non-hydrogen) atoms. The minimum atomic E-state index is -0.459. The van der Waals surface area contributed by atoms with E-state index in [4.69, 9.17) is 22.4 Å². The predicted molar refractivity (Wildman–Crippen MR) is 76.9 cm³/mol. The second-order valence-corrected chi connectivity index (χ2v) is 4.74. The molecule has 0 saturated heterocycles. The van der Waals surface area contributed by atoms with Gasteiger partial charge in [-0.3, -0.25) is 4.79 Å². The van der Waals surface area contributed by atoms with E-state index in [0.717, 1.165) is 0 Å². The van der Waals surface area contributed by atoms with Gasteiger partial charge in [-0.2, -0.15) is 0 Å². The van der Waals surface area contributed by atoms with Crippen LogP contribution in [0, 0.1) is 12.7 Å². The number of benzene rings is 1. The van der Waals surface area contributed by atoms with Gasteiger partial charge in [-0.05, 0) is 19.1 Å². The molecular formula is C14H13FN2O2S. The SMILES string of the molecule is Cc1cc(C(=O)NCc2ccc(C(N)=S)cc2F)co1. The minimum absolute atomic E-state index is 0.0759. The monoisotopic (exact) mass is 292 g/mol. The first kappa shape index (κ1) is 14.2. The number of amides is 1. The van der Waals surface area contributed by atoms with Crippen LogP contribution in [0.1, 0.15) is 27.2 Å². The molecule has 0 aliphatic carbocycles. The van der Waals surface area contributed by atoms with Gasteiger partial charge in [0.25, 0.3) is 5.91 Å². The smallest absolute Gasteiger partial charge is 0.254 e. The molecule has 1 aromatic carbocycles. The van der Waals surface area contributed by atoms with Gasteiger partial charge in [0.2, 0.25) is 0 Å². The van der Waals surface area contributed by atoms with Crippen LogP contribution in [0.5, 0.6) is 0 Å². The molecule has 1 heterocycles. The van der Waals surface area contributed by atoms with E-state index in [0.29, 0.717) is 22.5 Å². The normalized spacial score (nSPS) is 10.3. The van der Waals surface area contributed by atoms with Crippen molar-refractivity contribution in [2.24, 2.45) is 5.73 Å². The van der Waals surface area contributed by atoms with Crippen molar-refractivity contribution in [2.45, 2.75) is 13.5 Å². The highest BCUT2D eigenvalue weighted by molar-refractivity contribution is 7.80. The maximum absolute atomic E-state index is 13.8. The van der Waals surface area contributed by atoms with Crippen LogP contribution in [0.25, 0.3) is 0 Å². The van der Waals surface area contributed by atoms with E-state index in [9.17, 15) is 9.18 Å². The lowest BCUT2D eigenvalue weighted by atomic mass is 10.1. The summed E-state index contributed by atoms with van der Waals surface area (Å²) in [6.07, 6.45) is 1.36. The summed E-state index contributed by atoms with van der Waals surface area (Å²) in [6, 6.07) is 6.03. The van der Waals surface area contributed by atoms with Gasteiger partial charge in [0.15, 0.2) is 0 Å². The lowest BCUT2D eigenvalue weighted by molar-refractivity contribution is 0.0950. The van der Waals surface area contributed by atoms with E-state index in [1.54, 1.807) is 25.1 Å². The van der Waals surface area contributed by atoms with E-state index in [1.807, 2.05) is 0 Å². The standard InChI is InChI=1S/C14H13FN2O2S/c1-8-4-11(7-19-8)14(18)17-6-10-3-2-9(13(16)20)5-12(10)15/h2-5,7H,6H2,1H3,(H2,16,20)(H,17,18). The Morgan fingerprint density at radius 3 is 2.70 bits per heavy atom. The van der Waals surface area contributed by atoms with Crippen molar-refractivity contribution in [3.63, 3.8) is 0 Å². The lowest BCUT2D eigenvalue weighted by Gasteiger charge is -2.06. The van der Waals surface area contributed by atoms with Crippen LogP contribution in [0.2, 0.25) is 0 Å². The molecule has 2 aromatic rings.